The monoisotopic (exact) mass is 549 g/mol. The summed E-state index contributed by atoms with van der Waals surface area (Å²) in [6.45, 7) is 4.24. The van der Waals surface area contributed by atoms with Crippen molar-refractivity contribution in [3.05, 3.63) is 102 Å². The normalized spacial score (nSPS) is 21.4. The molecule has 0 atom stereocenters. The molecule has 0 radical (unpaired) electrons. The van der Waals surface area contributed by atoms with Crippen LogP contribution in [0.3, 0.4) is 0 Å². The molecule has 212 valence electrons. The van der Waals surface area contributed by atoms with Crippen LogP contribution in [0.5, 0.6) is 0 Å². The zero-order valence-corrected chi connectivity index (χ0v) is 23.8. The van der Waals surface area contributed by atoms with Crippen LogP contribution in [-0.4, -0.2) is 35.2 Å². The highest BCUT2D eigenvalue weighted by Crippen LogP contribution is 2.38. The van der Waals surface area contributed by atoms with Gasteiger partial charge in [-0.05, 0) is 18.4 Å². The van der Waals surface area contributed by atoms with Gasteiger partial charge in [-0.1, -0.05) is 117 Å². The molecule has 2 aliphatic rings. The number of nitrogens with zero attached hydrogens (tertiary/aromatic N) is 2. The average molecular weight is 550 g/mol. The van der Waals surface area contributed by atoms with E-state index in [2.05, 4.69) is 77.5 Å². The third kappa shape index (κ3) is 6.29. The van der Waals surface area contributed by atoms with Gasteiger partial charge in [0.1, 0.15) is 0 Å². The molecule has 1 saturated heterocycles. The zero-order chi connectivity index (χ0) is 28.1. The van der Waals surface area contributed by atoms with E-state index in [1.807, 2.05) is 30.3 Å². The Kier molecular flexibility index (Phi) is 8.31. The SMILES string of the molecule is CC1(CNC(=O)C2CCCCC2)COC(c2nc(-c3ccccc3)c(-c3ccccc3)n2Cc2ccccc2)OC1. The minimum atomic E-state index is -0.610. The lowest BCUT2D eigenvalue weighted by Crippen LogP contribution is -2.47. The number of nitrogens with one attached hydrogen (secondary N) is 1. The Hall–Kier alpha value is -3.74. The fourth-order valence-corrected chi connectivity index (χ4v) is 5.97. The van der Waals surface area contributed by atoms with Gasteiger partial charge in [0, 0.05) is 35.5 Å². The van der Waals surface area contributed by atoms with E-state index in [-0.39, 0.29) is 17.2 Å². The van der Waals surface area contributed by atoms with Gasteiger partial charge in [-0.25, -0.2) is 4.98 Å². The van der Waals surface area contributed by atoms with Crippen molar-refractivity contribution in [3.63, 3.8) is 0 Å². The van der Waals surface area contributed by atoms with E-state index < -0.39 is 6.29 Å². The van der Waals surface area contributed by atoms with Crippen molar-refractivity contribution < 1.29 is 14.3 Å². The molecule has 1 aliphatic carbocycles. The smallest absolute Gasteiger partial charge is 0.223 e. The molecule has 3 aromatic carbocycles. The summed E-state index contributed by atoms with van der Waals surface area (Å²) in [5, 5.41) is 3.20. The molecule has 0 spiro atoms. The molecule has 1 N–H and O–H groups in total. The first-order chi connectivity index (χ1) is 20.1. The Morgan fingerprint density at radius 1 is 0.854 bits per heavy atom. The maximum Gasteiger partial charge on any atom is 0.223 e. The predicted molar refractivity (Wildman–Crippen MR) is 161 cm³/mol. The molecule has 41 heavy (non-hydrogen) atoms. The van der Waals surface area contributed by atoms with Gasteiger partial charge < -0.3 is 19.4 Å². The van der Waals surface area contributed by atoms with Crippen LogP contribution < -0.4 is 5.32 Å². The van der Waals surface area contributed by atoms with Crippen LogP contribution in [0.15, 0.2) is 91.0 Å². The fourth-order valence-electron chi connectivity index (χ4n) is 5.97. The minimum Gasteiger partial charge on any atom is -0.355 e. The van der Waals surface area contributed by atoms with E-state index in [1.165, 1.54) is 12.0 Å². The fraction of sp³-hybridized carbons (Fsp3) is 0.371. The first kappa shape index (κ1) is 27.4. The number of carbonyl (C=O) groups excluding carboxylic acids is 1. The molecule has 2 heterocycles. The van der Waals surface area contributed by atoms with Gasteiger partial charge in [-0.2, -0.15) is 0 Å². The van der Waals surface area contributed by atoms with Gasteiger partial charge >= 0.3 is 0 Å². The third-order valence-electron chi connectivity index (χ3n) is 8.32. The Morgan fingerprint density at radius 3 is 2.07 bits per heavy atom. The van der Waals surface area contributed by atoms with E-state index in [1.54, 1.807) is 0 Å². The maximum absolute atomic E-state index is 12.8. The van der Waals surface area contributed by atoms with E-state index >= 15 is 0 Å². The molecular formula is C35H39N3O3. The molecule has 1 aromatic heterocycles. The maximum atomic E-state index is 12.8. The lowest BCUT2D eigenvalue weighted by molar-refractivity contribution is -0.233. The van der Waals surface area contributed by atoms with Crippen molar-refractivity contribution in [3.8, 4) is 22.5 Å². The molecule has 6 heteroatoms. The quantitative estimate of drug-likeness (QED) is 0.257. The van der Waals surface area contributed by atoms with Crippen LogP contribution in [0.25, 0.3) is 22.5 Å². The summed E-state index contributed by atoms with van der Waals surface area (Å²) in [5.74, 6) is 1.06. The number of carbonyl (C=O) groups is 1. The standard InChI is InChI=1S/C35H39N3O3/c1-35(23-36-33(39)29-20-12-5-13-21-29)24-40-34(41-25-35)32-37-30(27-16-8-3-9-17-27)31(28-18-10-4-11-19-28)38(32)22-26-14-6-2-7-15-26/h2-4,6-11,14-19,29,34H,5,12-13,20-25H2,1H3,(H,36,39). The van der Waals surface area contributed by atoms with Crippen molar-refractivity contribution >= 4 is 5.91 Å². The van der Waals surface area contributed by atoms with Crippen molar-refractivity contribution in [1.29, 1.82) is 0 Å². The molecule has 1 amide bonds. The number of aromatic nitrogens is 2. The summed E-state index contributed by atoms with van der Waals surface area (Å²) in [6.07, 6.45) is 4.91. The second-order valence-corrected chi connectivity index (χ2v) is 11.8. The summed E-state index contributed by atoms with van der Waals surface area (Å²) in [7, 11) is 0. The number of imidazole rings is 1. The summed E-state index contributed by atoms with van der Waals surface area (Å²) in [4.78, 5) is 18.0. The number of hydrogen-bond acceptors (Lipinski definition) is 4. The molecule has 4 aromatic rings. The van der Waals surface area contributed by atoms with Crippen LogP contribution in [0.2, 0.25) is 0 Å². The van der Waals surface area contributed by atoms with Crippen molar-refractivity contribution in [2.45, 2.75) is 51.9 Å². The molecule has 0 bridgehead atoms. The first-order valence-electron chi connectivity index (χ1n) is 14.9. The first-order valence-corrected chi connectivity index (χ1v) is 14.9. The van der Waals surface area contributed by atoms with E-state index in [9.17, 15) is 4.79 Å². The third-order valence-corrected chi connectivity index (χ3v) is 8.32. The Balaban J connectivity index is 1.29. The van der Waals surface area contributed by atoms with Crippen molar-refractivity contribution in [2.75, 3.05) is 19.8 Å². The lowest BCUT2D eigenvalue weighted by atomic mass is 9.87. The van der Waals surface area contributed by atoms with Gasteiger partial charge in [0.2, 0.25) is 12.2 Å². The lowest BCUT2D eigenvalue weighted by Gasteiger charge is -2.37. The minimum absolute atomic E-state index is 0.142. The predicted octanol–water partition coefficient (Wildman–Crippen LogP) is 7.01. The number of benzene rings is 3. The zero-order valence-electron chi connectivity index (χ0n) is 23.8. The Labute approximate surface area is 242 Å². The van der Waals surface area contributed by atoms with Crippen LogP contribution in [-0.2, 0) is 20.8 Å². The van der Waals surface area contributed by atoms with Crippen LogP contribution in [0.4, 0.5) is 0 Å². The summed E-state index contributed by atoms with van der Waals surface area (Å²) < 4.78 is 15.1. The van der Waals surface area contributed by atoms with E-state index in [0.29, 0.717) is 26.3 Å². The van der Waals surface area contributed by atoms with Crippen molar-refractivity contribution in [2.24, 2.45) is 11.3 Å². The van der Waals surface area contributed by atoms with Gasteiger partial charge in [0.05, 0.1) is 24.6 Å². The molecule has 6 nitrogen and oxygen atoms in total. The topological polar surface area (TPSA) is 65.4 Å². The number of amides is 1. The average Bonchev–Trinajstić information content (AvgIpc) is 3.41. The van der Waals surface area contributed by atoms with Crippen LogP contribution in [0.1, 0.15) is 56.7 Å². The number of hydrogen-bond donors (Lipinski definition) is 1. The molecule has 6 rings (SSSR count). The Bertz CT molecular complexity index is 1420. The van der Waals surface area contributed by atoms with E-state index in [0.717, 1.165) is 54.0 Å². The highest BCUT2D eigenvalue weighted by molar-refractivity contribution is 5.79. The number of rotatable bonds is 8. The summed E-state index contributed by atoms with van der Waals surface area (Å²) >= 11 is 0. The summed E-state index contributed by atoms with van der Waals surface area (Å²) in [6, 6.07) is 31.1. The Morgan fingerprint density at radius 2 is 1.44 bits per heavy atom. The summed E-state index contributed by atoms with van der Waals surface area (Å²) in [5.41, 5.74) is 4.95. The second-order valence-electron chi connectivity index (χ2n) is 11.8. The van der Waals surface area contributed by atoms with E-state index in [4.69, 9.17) is 14.5 Å². The molecular weight excluding hydrogens is 510 g/mol. The van der Waals surface area contributed by atoms with Gasteiger partial charge in [-0.3, -0.25) is 4.79 Å². The second kappa shape index (κ2) is 12.4. The highest BCUT2D eigenvalue weighted by atomic mass is 16.7. The molecule has 2 fully saturated rings. The molecule has 1 saturated carbocycles. The van der Waals surface area contributed by atoms with Gasteiger partial charge in [0.15, 0.2) is 5.82 Å². The van der Waals surface area contributed by atoms with Crippen LogP contribution >= 0.6 is 0 Å². The van der Waals surface area contributed by atoms with Crippen molar-refractivity contribution in [1.82, 2.24) is 14.9 Å². The molecule has 1 aliphatic heterocycles. The van der Waals surface area contributed by atoms with Crippen LogP contribution in [0, 0.1) is 11.3 Å². The largest absolute Gasteiger partial charge is 0.355 e. The highest BCUT2D eigenvalue weighted by Gasteiger charge is 2.37. The van der Waals surface area contributed by atoms with Gasteiger partial charge in [0.25, 0.3) is 0 Å². The van der Waals surface area contributed by atoms with Gasteiger partial charge in [-0.15, -0.1) is 0 Å². The number of ether oxygens (including phenoxy) is 2. The molecule has 0 unspecified atom stereocenters.